The average molecular weight is 692 g/mol. The van der Waals surface area contributed by atoms with Crippen LogP contribution < -0.4 is 5.32 Å². The molecule has 0 aliphatic rings. The molecule has 9 nitrogen and oxygen atoms in total. The monoisotopic (exact) mass is 692 g/mol. The van der Waals surface area contributed by atoms with E-state index < -0.39 is 24.6 Å². The van der Waals surface area contributed by atoms with Crippen LogP contribution in [0.1, 0.15) is 55.1 Å². The van der Waals surface area contributed by atoms with Gasteiger partial charge in [-0.1, -0.05) is 62.4 Å². The van der Waals surface area contributed by atoms with Gasteiger partial charge in [0.2, 0.25) is 0 Å². The van der Waals surface area contributed by atoms with Crippen LogP contribution in [0.4, 0.5) is 10.1 Å². The van der Waals surface area contributed by atoms with Crippen LogP contribution in [-0.4, -0.2) is 101 Å². The Bertz CT molecular complexity index is 1530. The number of anilines is 1. The third kappa shape index (κ3) is 10.6. The van der Waals surface area contributed by atoms with Gasteiger partial charge in [-0.3, -0.25) is 14.4 Å². The Hall–Kier alpha value is -3.32. The van der Waals surface area contributed by atoms with E-state index >= 15 is 0 Å². The topological polar surface area (TPSA) is 149 Å². The molecule has 2 atom stereocenters. The summed E-state index contributed by atoms with van der Waals surface area (Å²) < 4.78 is 16.0. The largest absolute Gasteiger partial charge is 2.00 e. The van der Waals surface area contributed by atoms with Crippen LogP contribution in [0.15, 0.2) is 84.9 Å². The number of benzene rings is 3. The number of nitrogens with zero attached hydrogens (tertiary/aromatic N) is 1. The van der Waals surface area contributed by atoms with Crippen LogP contribution in [0.25, 0.3) is 22.4 Å². The molecule has 0 fully saturated rings. The fourth-order valence-electron chi connectivity index (χ4n) is 5.20. The molecule has 0 radical (unpaired) electrons. The number of carboxylic acids is 1. The minimum atomic E-state index is -1.18. The van der Waals surface area contributed by atoms with Crippen molar-refractivity contribution in [2.75, 3.05) is 5.32 Å². The zero-order chi connectivity index (χ0) is 32.2. The third-order valence-corrected chi connectivity index (χ3v) is 6.93. The summed E-state index contributed by atoms with van der Waals surface area (Å²) in [4.78, 5) is 33.4. The standard InChI is InChI=1S/C33H35FN2O5.CH2O2.Sr/c1-21(2)31-30(33(41)35-25-11-7-4-8-12-25)29(22-9-5-3-6-10-22)32(23-13-15-24(34)16-14-23)36(31)18-17-26(37)19-27(38)20-28(39)40;2-1-3;/h3-16,21,26-27,37-38H,17-20H2,1-2H3,(H,35,41)(H,39,40);1H,(H,2,3);/q;;+2/t26-,27-;;/m1../s1. The van der Waals surface area contributed by atoms with Crippen LogP contribution in [-0.2, 0) is 16.1 Å². The van der Waals surface area contributed by atoms with E-state index in [4.69, 9.17) is 15.0 Å². The van der Waals surface area contributed by atoms with Crippen molar-refractivity contribution in [1.82, 2.24) is 4.57 Å². The SMILES string of the molecule is CC(C)c1c(C(=O)Nc2ccccc2)c(-c2ccccc2)c(-c2ccc(F)cc2)n1CC[C@@H](O)C[C@@H](O)CC(=O)O.O=CO.[Sr+2]. The Morgan fingerprint density at radius 2 is 1.44 bits per heavy atom. The first kappa shape index (κ1) is 37.9. The molecular weight excluding hydrogens is 655 g/mol. The van der Waals surface area contributed by atoms with Crippen molar-refractivity contribution in [3.63, 3.8) is 0 Å². The van der Waals surface area contributed by atoms with E-state index in [0.717, 1.165) is 11.3 Å². The van der Waals surface area contributed by atoms with Gasteiger partial charge in [0.25, 0.3) is 12.4 Å². The molecule has 1 heterocycles. The number of hydrogen-bond acceptors (Lipinski definition) is 5. The van der Waals surface area contributed by atoms with E-state index in [0.29, 0.717) is 28.1 Å². The molecular formula is C34H37FN2O7Sr+2. The third-order valence-electron chi connectivity index (χ3n) is 6.93. The van der Waals surface area contributed by atoms with Gasteiger partial charge in [0.15, 0.2) is 0 Å². The number of hydrogen-bond donors (Lipinski definition) is 5. The summed E-state index contributed by atoms with van der Waals surface area (Å²) in [6, 6.07) is 24.8. The quantitative estimate of drug-likeness (QED) is 0.0955. The molecule has 0 spiro atoms. The van der Waals surface area contributed by atoms with E-state index in [2.05, 4.69) is 5.32 Å². The van der Waals surface area contributed by atoms with Crippen molar-refractivity contribution in [3.05, 3.63) is 102 Å². The molecule has 1 amide bonds. The number of rotatable bonds is 12. The number of carbonyl (C=O) groups excluding carboxylic acids is 1. The molecule has 0 saturated carbocycles. The summed E-state index contributed by atoms with van der Waals surface area (Å²) >= 11 is 0. The summed E-state index contributed by atoms with van der Waals surface area (Å²) in [7, 11) is 0. The van der Waals surface area contributed by atoms with Crippen molar-refractivity contribution in [2.24, 2.45) is 0 Å². The van der Waals surface area contributed by atoms with Gasteiger partial charge >= 0.3 is 51.5 Å². The molecule has 4 aromatic rings. The number of nitrogens with one attached hydrogen (secondary N) is 1. The molecule has 0 aliphatic heterocycles. The molecule has 11 heteroatoms. The second-order valence-corrected chi connectivity index (χ2v) is 10.5. The van der Waals surface area contributed by atoms with Gasteiger partial charge in [0, 0.05) is 23.5 Å². The molecule has 232 valence electrons. The van der Waals surface area contributed by atoms with Crippen LogP contribution >= 0.6 is 0 Å². The van der Waals surface area contributed by atoms with E-state index in [1.165, 1.54) is 12.1 Å². The van der Waals surface area contributed by atoms with Gasteiger partial charge in [-0.05, 0) is 66.3 Å². The zero-order valence-electron chi connectivity index (χ0n) is 25.3. The number of aliphatic hydroxyl groups is 2. The minimum Gasteiger partial charge on any atom is -0.483 e. The van der Waals surface area contributed by atoms with Crippen LogP contribution in [0.2, 0.25) is 0 Å². The molecule has 0 saturated heterocycles. The molecule has 1 aromatic heterocycles. The number of amides is 1. The number of carboxylic acid groups (broad SMARTS) is 2. The second kappa shape index (κ2) is 18.6. The van der Waals surface area contributed by atoms with Gasteiger partial charge in [0.05, 0.1) is 29.9 Å². The summed E-state index contributed by atoms with van der Waals surface area (Å²) in [5.74, 6) is -1.93. The molecule has 4 rings (SSSR count). The van der Waals surface area contributed by atoms with Crippen molar-refractivity contribution in [3.8, 4) is 22.4 Å². The minimum absolute atomic E-state index is 0. The molecule has 0 unspecified atom stereocenters. The number of halogens is 1. The molecule has 5 N–H and O–H groups in total. The first-order valence-corrected chi connectivity index (χ1v) is 14.2. The number of aliphatic hydroxyl groups excluding tert-OH is 2. The Labute approximate surface area is 298 Å². The second-order valence-electron chi connectivity index (χ2n) is 10.5. The number of aliphatic carboxylic acids is 1. The predicted octanol–water partition coefficient (Wildman–Crippen LogP) is 5.63. The van der Waals surface area contributed by atoms with Gasteiger partial charge < -0.3 is 30.3 Å². The van der Waals surface area contributed by atoms with Crippen molar-refractivity contribution in [2.45, 2.75) is 57.8 Å². The fourth-order valence-corrected chi connectivity index (χ4v) is 5.20. The van der Waals surface area contributed by atoms with Crippen LogP contribution in [0.5, 0.6) is 0 Å². The number of carbonyl (C=O) groups is 3. The van der Waals surface area contributed by atoms with E-state index in [9.17, 15) is 24.2 Å². The fraction of sp³-hybridized carbons (Fsp3) is 0.265. The Kier molecular flexibility index (Phi) is 15.7. The first-order valence-electron chi connectivity index (χ1n) is 14.2. The smallest absolute Gasteiger partial charge is 0.483 e. The molecule has 45 heavy (non-hydrogen) atoms. The van der Waals surface area contributed by atoms with Gasteiger partial charge in [0.1, 0.15) is 5.82 Å². The van der Waals surface area contributed by atoms with Crippen molar-refractivity contribution < 1.29 is 39.2 Å². The zero-order valence-corrected chi connectivity index (χ0v) is 28.7. The van der Waals surface area contributed by atoms with Crippen molar-refractivity contribution >= 4 is 69.5 Å². The average Bonchev–Trinajstić information content (AvgIpc) is 3.33. The summed E-state index contributed by atoms with van der Waals surface area (Å²) in [5, 5.41) is 39.7. The molecule has 0 bridgehead atoms. The molecule has 3 aromatic carbocycles. The summed E-state index contributed by atoms with van der Waals surface area (Å²) in [6.07, 6.45) is -2.51. The van der Waals surface area contributed by atoms with E-state index in [-0.39, 0.29) is 89.0 Å². The maximum absolute atomic E-state index is 14.0. The summed E-state index contributed by atoms with van der Waals surface area (Å²) in [6.45, 7) is 4.00. The normalized spacial score (nSPS) is 11.9. The van der Waals surface area contributed by atoms with E-state index in [1.807, 2.05) is 79.1 Å². The maximum atomic E-state index is 14.0. The Morgan fingerprint density at radius 1 is 0.889 bits per heavy atom. The van der Waals surface area contributed by atoms with Gasteiger partial charge in [-0.15, -0.1) is 0 Å². The van der Waals surface area contributed by atoms with Crippen molar-refractivity contribution in [1.29, 1.82) is 0 Å². The number of para-hydroxylation sites is 1. The van der Waals surface area contributed by atoms with Gasteiger partial charge in [-0.2, -0.15) is 0 Å². The van der Waals surface area contributed by atoms with Gasteiger partial charge in [-0.25, -0.2) is 4.39 Å². The Balaban J connectivity index is 0.00000169. The van der Waals surface area contributed by atoms with Crippen LogP contribution in [0, 0.1) is 5.82 Å². The number of aromatic nitrogens is 1. The predicted molar refractivity (Wildman–Crippen MR) is 172 cm³/mol. The molecule has 0 aliphatic carbocycles. The maximum Gasteiger partial charge on any atom is 2.00 e. The summed E-state index contributed by atoms with van der Waals surface area (Å²) in [5.41, 5.74) is 4.77. The Morgan fingerprint density at radius 3 is 1.98 bits per heavy atom. The van der Waals surface area contributed by atoms with Crippen LogP contribution in [0.3, 0.4) is 0 Å². The van der Waals surface area contributed by atoms with E-state index in [1.54, 1.807) is 12.1 Å². The first-order chi connectivity index (χ1) is 21.1.